The Labute approximate surface area is 91.8 Å². The third-order valence-corrected chi connectivity index (χ3v) is 3.64. The molecule has 0 aliphatic carbocycles. The molecule has 1 aromatic carbocycles. The normalized spacial score (nSPS) is 18.5. The van der Waals surface area contributed by atoms with Gasteiger partial charge >= 0.3 is 0 Å². The number of ketones is 1. The molecule has 3 rings (SSSR count). The summed E-state index contributed by atoms with van der Waals surface area (Å²) in [5.41, 5.74) is 1.89. The van der Waals surface area contributed by atoms with Crippen molar-refractivity contribution in [3.05, 3.63) is 23.3 Å². The molecule has 0 radical (unpaired) electrons. The summed E-state index contributed by atoms with van der Waals surface area (Å²) < 4.78 is 10.6. The summed E-state index contributed by atoms with van der Waals surface area (Å²) in [6, 6.07) is 3.76. The van der Waals surface area contributed by atoms with Crippen molar-refractivity contribution in [3.8, 4) is 11.5 Å². The molecule has 2 aliphatic heterocycles. The summed E-state index contributed by atoms with van der Waals surface area (Å²) in [5.74, 6) is 3.48. The van der Waals surface area contributed by atoms with Crippen molar-refractivity contribution < 1.29 is 14.3 Å². The van der Waals surface area contributed by atoms with Crippen LogP contribution in [0.4, 0.5) is 0 Å². The van der Waals surface area contributed by atoms with Crippen molar-refractivity contribution in [1.29, 1.82) is 0 Å². The molecule has 0 atom stereocenters. The number of thioether (sulfide) groups is 1. The van der Waals surface area contributed by atoms with E-state index in [-0.39, 0.29) is 12.6 Å². The largest absolute Gasteiger partial charge is 0.454 e. The van der Waals surface area contributed by atoms with Crippen LogP contribution in [0.1, 0.15) is 22.3 Å². The standard InChI is InChI=1S/C11H10O3S/c12-9-1-2-15-5-7-3-10-11(4-8(7)9)14-6-13-10/h3-4H,1-2,5-6H2. The average molecular weight is 222 g/mol. The van der Waals surface area contributed by atoms with Crippen LogP contribution in [-0.4, -0.2) is 18.3 Å². The zero-order valence-electron chi connectivity index (χ0n) is 8.12. The van der Waals surface area contributed by atoms with Crippen molar-refractivity contribution in [2.45, 2.75) is 12.2 Å². The van der Waals surface area contributed by atoms with Crippen molar-refractivity contribution in [1.82, 2.24) is 0 Å². The highest BCUT2D eigenvalue weighted by atomic mass is 32.2. The summed E-state index contributed by atoms with van der Waals surface area (Å²) in [5, 5.41) is 0. The number of carbonyl (C=O) groups excluding carboxylic acids is 1. The highest BCUT2D eigenvalue weighted by Crippen LogP contribution is 2.37. The van der Waals surface area contributed by atoms with Gasteiger partial charge in [-0.2, -0.15) is 11.8 Å². The molecule has 0 bridgehead atoms. The van der Waals surface area contributed by atoms with Crippen molar-refractivity contribution >= 4 is 17.5 Å². The van der Waals surface area contributed by atoms with E-state index in [2.05, 4.69) is 0 Å². The number of hydrogen-bond donors (Lipinski definition) is 0. The van der Waals surface area contributed by atoms with Gasteiger partial charge in [-0.05, 0) is 17.7 Å². The summed E-state index contributed by atoms with van der Waals surface area (Å²) in [6.45, 7) is 0.263. The van der Waals surface area contributed by atoms with Crippen LogP contribution in [-0.2, 0) is 5.75 Å². The number of Topliss-reactive ketones (excluding diaryl/α,β-unsaturated/α-hetero) is 1. The lowest BCUT2D eigenvalue weighted by Gasteiger charge is -2.05. The topological polar surface area (TPSA) is 35.5 Å². The van der Waals surface area contributed by atoms with Gasteiger partial charge < -0.3 is 9.47 Å². The average Bonchev–Trinajstić information content (AvgIpc) is 2.62. The third kappa shape index (κ3) is 1.49. The van der Waals surface area contributed by atoms with E-state index in [1.54, 1.807) is 11.8 Å². The number of benzene rings is 1. The lowest BCUT2D eigenvalue weighted by Crippen LogP contribution is -2.00. The van der Waals surface area contributed by atoms with Gasteiger partial charge in [-0.1, -0.05) is 0 Å². The minimum absolute atomic E-state index is 0.216. The Bertz CT molecular complexity index is 428. The molecular formula is C11H10O3S. The van der Waals surface area contributed by atoms with Gasteiger partial charge in [0, 0.05) is 23.5 Å². The summed E-state index contributed by atoms with van der Waals surface area (Å²) >= 11 is 1.79. The maximum absolute atomic E-state index is 11.8. The van der Waals surface area contributed by atoms with Gasteiger partial charge in [0.05, 0.1) is 0 Å². The van der Waals surface area contributed by atoms with Gasteiger partial charge in [-0.3, -0.25) is 4.79 Å². The van der Waals surface area contributed by atoms with Gasteiger partial charge in [0.1, 0.15) is 0 Å². The monoisotopic (exact) mass is 222 g/mol. The molecule has 3 nitrogen and oxygen atoms in total. The lowest BCUT2D eigenvalue weighted by molar-refractivity contribution is 0.0989. The molecular weight excluding hydrogens is 212 g/mol. The van der Waals surface area contributed by atoms with Crippen LogP contribution in [0.15, 0.2) is 12.1 Å². The molecule has 0 fully saturated rings. The number of rotatable bonds is 0. The lowest BCUT2D eigenvalue weighted by atomic mass is 10.0. The molecule has 2 aliphatic rings. The Morgan fingerprint density at radius 1 is 1.20 bits per heavy atom. The Hall–Kier alpha value is -1.16. The van der Waals surface area contributed by atoms with E-state index in [1.807, 2.05) is 12.1 Å². The second kappa shape index (κ2) is 3.45. The molecule has 1 aromatic rings. The van der Waals surface area contributed by atoms with E-state index >= 15 is 0 Å². The van der Waals surface area contributed by atoms with E-state index in [0.29, 0.717) is 12.2 Å². The van der Waals surface area contributed by atoms with E-state index in [9.17, 15) is 4.79 Å². The number of hydrogen-bond acceptors (Lipinski definition) is 4. The van der Waals surface area contributed by atoms with Gasteiger partial charge in [-0.25, -0.2) is 0 Å². The molecule has 78 valence electrons. The maximum Gasteiger partial charge on any atom is 0.231 e. The van der Waals surface area contributed by atoms with Crippen molar-refractivity contribution in [2.24, 2.45) is 0 Å². The van der Waals surface area contributed by atoms with Gasteiger partial charge in [-0.15, -0.1) is 0 Å². The summed E-state index contributed by atoms with van der Waals surface area (Å²) in [4.78, 5) is 11.8. The minimum Gasteiger partial charge on any atom is -0.454 e. The van der Waals surface area contributed by atoms with Crippen molar-refractivity contribution in [2.75, 3.05) is 12.5 Å². The molecule has 0 unspecified atom stereocenters. The first-order valence-corrected chi connectivity index (χ1v) is 6.03. The molecule has 0 saturated carbocycles. The SMILES string of the molecule is O=C1CCSCc2cc3c(cc21)OCO3. The van der Waals surface area contributed by atoms with Crippen molar-refractivity contribution in [3.63, 3.8) is 0 Å². The molecule has 0 saturated heterocycles. The van der Waals surface area contributed by atoms with E-state index < -0.39 is 0 Å². The predicted molar refractivity (Wildman–Crippen MR) is 57.7 cm³/mol. The number of fused-ring (bicyclic) bond motifs is 2. The second-order valence-corrected chi connectivity index (χ2v) is 4.69. The minimum atomic E-state index is 0.216. The van der Waals surface area contributed by atoms with Crippen LogP contribution < -0.4 is 9.47 Å². The summed E-state index contributed by atoms with van der Waals surface area (Å²) in [7, 11) is 0. The molecule has 0 N–H and O–H groups in total. The zero-order chi connectivity index (χ0) is 10.3. The molecule has 0 aromatic heterocycles. The van der Waals surface area contributed by atoms with Crippen LogP contribution >= 0.6 is 11.8 Å². The van der Waals surface area contributed by atoms with E-state index in [1.165, 1.54) is 0 Å². The molecule has 2 heterocycles. The molecule has 0 amide bonds. The quantitative estimate of drug-likeness (QED) is 0.674. The predicted octanol–water partition coefficient (Wildman–Crippen LogP) is 2.23. The van der Waals surface area contributed by atoms with Crippen LogP contribution in [0, 0.1) is 0 Å². The fourth-order valence-electron chi connectivity index (χ4n) is 1.84. The third-order valence-electron chi connectivity index (χ3n) is 2.63. The first-order chi connectivity index (χ1) is 7.34. The second-order valence-electron chi connectivity index (χ2n) is 3.59. The van der Waals surface area contributed by atoms with Crippen LogP contribution in [0.25, 0.3) is 0 Å². The Morgan fingerprint density at radius 2 is 2.00 bits per heavy atom. The van der Waals surface area contributed by atoms with Crippen LogP contribution in [0.2, 0.25) is 0 Å². The fourth-order valence-corrected chi connectivity index (χ4v) is 2.78. The molecule has 15 heavy (non-hydrogen) atoms. The highest BCUT2D eigenvalue weighted by molar-refractivity contribution is 7.98. The molecule has 0 spiro atoms. The number of ether oxygens (including phenoxy) is 2. The van der Waals surface area contributed by atoms with E-state index in [4.69, 9.17) is 9.47 Å². The fraction of sp³-hybridized carbons (Fsp3) is 0.364. The first kappa shape index (κ1) is 9.09. The summed E-state index contributed by atoms with van der Waals surface area (Å²) in [6.07, 6.45) is 0.622. The Kier molecular flexibility index (Phi) is 2.09. The van der Waals surface area contributed by atoms with Crippen LogP contribution in [0.5, 0.6) is 11.5 Å². The molecule has 4 heteroatoms. The number of carbonyl (C=O) groups is 1. The van der Waals surface area contributed by atoms with Gasteiger partial charge in [0.25, 0.3) is 0 Å². The first-order valence-electron chi connectivity index (χ1n) is 4.88. The van der Waals surface area contributed by atoms with Gasteiger partial charge in [0.15, 0.2) is 17.3 Å². The highest BCUT2D eigenvalue weighted by Gasteiger charge is 2.22. The maximum atomic E-state index is 11.8. The Morgan fingerprint density at radius 3 is 2.87 bits per heavy atom. The Balaban J connectivity index is 2.13. The van der Waals surface area contributed by atoms with E-state index in [0.717, 1.165) is 28.4 Å². The zero-order valence-corrected chi connectivity index (χ0v) is 8.93. The van der Waals surface area contributed by atoms with Crippen LogP contribution in [0.3, 0.4) is 0 Å². The van der Waals surface area contributed by atoms with Gasteiger partial charge in [0.2, 0.25) is 6.79 Å². The smallest absolute Gasteiger partial charge is 0.231 e.